The van der Waals surface area contributed by atoms with Crippen LogP contribution in [0.5, 0.6) is 0 Å². The second-order valence-electron chi connectivity index (χ2n) is 12.0. The molecule has 3 aromatic rings. The lowest BCUT2D eigenvalue weighted by molar-refractivity contribution is 0.0761. The zero-order chi connectivity index (χ0) is 28.5. The number of thiocarbonyl (C=S) groups is 1. The van der Waals surface area contributed by atoms with E-state index >= 15 is 0 Å². The Morgan fingerprint density at radius 2 is 1.63 bits per heavy atom. The molecule has 8 heteroatoms. The van der Waals surface area contributed by atoms with Gasteiger partial charge in [-0.15, -0.1) is 0 Å². The number of amides is 1. The van der Waals surface area contributed by atoms with Gasteiger partial charge in [0.2, 0.25) is 0 Å². The van der Waals surface area contributed by atoms with Gasteiger partial charge in [-0.05, 0) is 98.8 Å². The van der Waals surface area contributed by atoms with Crippen LogP contribution in [0.15, 0.2) is 59.4 Å². The van der Waals surface area contributed by atoms with E-state index in [2.05, 4.69) is 59.7 Å². The predicted molar refractivity (Wildman–Crippen MR) is 170 cm³/mol. The van der Waals surface area contributed by atoms with Crippen LogP contribution in [0.2, 0.25) is 0 Å². The number of aryl methyl sites for hydroxylation is 2. The fraction of sp³-hybridized carbons (Fsp3) is 0.424. The number of likely N-dealkylation sites (tertiary alicyclic amines) is 1. The summed E-state index contributed by atoms with van der Waals surface area (Å²) in [5, 5.41) is 7.29. The average Bonchev–Trinajstić information content (AvgIpc) is 3.22. The summed E-state index contributed by atoms with van der Waals surface area (Å²) in [6, 6.07) is 17.9. The van der Waals surface area contributed by atoms with Crippen LogP contribution < -0.4 is 21.1 Å². The maximum atomic E-state index is 13.6. The van der Waals surface area contributed by atoms with Crippen LogP contribution in [0.1, 0.15) is 65.2 Å². The van der Waals surface area contributed by atoms with Gasteiger partial charge in [-0.25, -0.2) is 0 Å². The molecule has 6 rings (SSSR count). The van der Waals surface area contributed by atoms with Crippen LogP contribution in [0.25, 0.3) is 0 Å². The first-order chi connectivity index (χ1) is 19.8. The molecule has 2 unspecified atom stereocenters. The van der Waals surface area contributed by atoms with Gasteiger partial charge in [0.25, 0.3) is 11.5 Å². The van der Waals surface area contributed by atoms with Crippen molar-refractivity contribution in [3.8, 4) is 0 Å². The van der Waals surface area contributed by atoms with Gasteiger partial charge >= 0.3 is 0 Å². The fourth-order valence-corrected chi connectivity index (χ4v) is 7.15. The van der Waals surface area contributed by atoms with E-state index in [1.807, 2.05) is 27.7 Å². The van der Waals surface area contributed by atoms with E-state index in [9.17, 15) is 9.59 Å². The lowest BCUT2D eigenvalue weighted by atomic mass is 9.83. The maximum absolute atomic E-state index is 13.6. The standard InChI is InChI=1S/C33H39N5O2S/c1-22-14-23(2)16-27(15-22)34-33(41)35-28-18-25(32(40)36-12-5-3-4-6-13-36)10-11-30(28)37-19-24-17-26(21-37)29-8-7-9-31(39)38(29)20-24/h7-11,14-16,18,24,26H,3-6,12-13,17,19-21H2,1-2H3,(H2,34,35,41). The molecule has 4 heterocycles. The highest BCUT2D eigenvalue weighted by atomic mass is 32.1. The molecule has 2 aromatic carbocycles. The number of pyridine rings is 1. The Kier molecular flexibility index (Phi) is 7.84. The van der Waals surface area contributed by atoms with E-state index in [-0.39, 0.29) is 17.4 Å². The quantitative estimate of drug-likeness (QED) is 0.381. The number of fused-ring (bicyclic) bond motifs is 4. The summed E-state index contributed by atoms with van der Waals surface area (Å²) in [5.41, 5.74) is 7.02. The van der Waals surface area contributed by atoms with Gasteiger partial charge in [0.05, 0.1) is 11.4 Å². The minimum absolute atomic E-state index is 0.0819. The second kappa shape index (κ2) is 11.7. The maximum Gasteiger partial charge on any atom is 0.253 e. The highest BCUT2D eigenvalue weighted by Gasteiger charge is 2.35. The number of carbonyl (C=O) groups is 1. The molecule has 2 N–H and O–H groups in total. The van der Waals surface area contributed by atoms with Crippen LogP contribution in [0, 0.1) is 19.8 Å². The molecule has 2 fully saturated rings. The second-order valence-corrected chi connectivity index (χ2v) is 12.4. The van der Waals surface area contributed by atoms with E-state index < -0.39 is 0 Å². The summed E-state index contributed by atoms with van der Waals surface area (Å²) in [4.78, 5) is 30.5. The van der Waals surface area contributed by atoms with E-state index in [1.165, 1.54) is 24.0 Å². The van der Waals surface area contributed by atoms with Crippen LogP contribution in [0.4, 0.5) is 17.1 Å². The Labute approximate surface area is 247 Å². The Hall–Kier alpha value is -3.65. The fourth-order valence-electron chi connectivity index (χ4n) is 6.93. The third-order valence-corrected chi connectivity index (χ3v) is 8.89. The predicted octanol–water partition coefficient (Wildman–Crippen LogP) is 5.91. The number of hydrogen-bond acceptors (Lipinski definition) is 4. The summed E-state index contributed by atoms with van der Waals surface area (Å²) in [6.07, 6.45) is 5.56. The number of anilines is 3. The van der Waals surface area contributed by atoms with Crippen molar-refractivity contribution in [2.45, 2.75) is 58.4 Å². The van der Waals surface area contributed by atoms with E-state index in [1.54, 1.807) is 6.07 Å². The Morgan fingerprint density at radius 3 is 2.39 bits per heavy atom. The molecular formula is C33H39N5O2S. The SMILES string of the molecule is Cc1cc(C)cc(NC(=S)Nc2cc(C(=O)N3CCCCCC3)ccc2N2CC3CC(C2)c2cccc(=O)n2C3)c1. The van der Waals surface area contributed by atoms with Crippen LogP contribution in [0.3, 0.4) is 0 Å². The number of aromatic nitrogens is 1. The van der Waals surface area contributed by atoms with Gasteiger partial charge in [-0.1, -0.05) is 25.0 Å². The average molecular weight is 570 g/mol. The Morgan fingerprint density at radius 1 is 0.878 bits per heavy atom. The van der Waals surface area contributed by atoms with Crippen LogP contribution in [-0.2, 0) is 6.54 Å². The van der Waals surface area contributed by atoms with E-state index in [0.29, 0.717) is 16.6 Å². The highest BCUT2D eigenvalue weighted by Crippen LogP contribution is 2.39. The third kappa shape index (κ3) is 6.03. The van der Waals surface area contributed by atoms with Crippen molar-refractivity contribution >= 4 is 40.3 Å². The number of rotatable bonds is 4. The molecule has 41 heavy (non-hydrogen) atoms. The molecule has 0 aliphatic carbocycles. The van der Waals surface area contributed by atoms with Crippen molar-refractivity contribution in [1.29, 1.82) is 0 Å². The molecule has 3 aliphatic heterocycles. The molecule has 2 atom stereocenters. The summed E-state index contributed by atoms with van der Waals surface area (Å²) < 4.78 is 1.96. The summed E-state index contributed by atoms with van der Waals surface area (Å²) in [7, 11) is 0. The molecule has 2 saturated heterocycles. The topological polar surface area (TPSA) is 69.6 Å². The first-order valence-electron chi connectivity index (χ1n) is 14.9. The monoisotopic (exact) mass is 569 g/mol. The normalized spacial score (nSPS) is 20.1. The van der Waals surface area contributed by atoms with Gasteiger partial charge in [0.15, 0.2) is 5.11 Å². The van der Waals surface area contributed by atoms with Crippen LogP contribution >= 0.6 is 12.2 Å². The number of nitrogens with zero attached hydrogens (tertiary/aromatic N) is 3. The zero-order valence-electron chi connectivity index (χ0n) is 24.0. The van der Waals surface area contributed by atoms with Crippen molar-refractivity contribution < 1.29 is 4.79 Å². The van der Waals surface area contributed by atoms with Crippen molar-refractivity contribution in [2.75, 3.05) is 41.7 Å². The number of piperidine rings is 1. The van der Waals surface area contributed by atoms with Crippen LogP contribution in [-0.4, -0.2) is 46.7 Å². The van der Waals surface area contributed by atoms with Crippen molar-refractivity contribution in [2.24, 2.45) is 5.92 Å². The molecule has 2 bridgehead atoms. The van der Waals surface area contributed by atoms with Crippen molar-refractivity contribution in [3.63, 3.8) is 0 Å². The van der Waals surface area contributed by atoms with Gasteiger partial charge in [0, 0.05) is 61.7 Å². The molecule has 7 nitrogen and oxygen atoms in total. The zero-order valence-corrected chi connectivity index (χ0v) is 24.8. The number of carbonyl (C=O) groups excluding carboxylic acids is 1. The van der Waals surface area contributed by atoms with E-state index in [4.69, 9.17) is 12.2 Å². The molecule has 3 aliphatic rings. The molecule has 1 amide bonds. The first kappa shape index (κ1) is 27.5. The highest BCUT2D eigenvalue weighted by molar-refractivity contribution is 7.80. The minimum Gasteiger partial charge on any atom is -0.369 e. The Bertz CT molecular complexity index is 1500. The molecule has 0 spiro atoms. The van der Waals surface area contributed by atoms with Crippen molar-refractivity contribution in [1.82, 2.24) is 9.47 Å². The van der Waals surface area contributed by atoms with Gasteiger partial charge < -0.3 is 25.0 Å². The van der Waals surface area contributed by atoms with Gasteiger partial charge in [-0.3, -0.25) is 9.59 Å². The lowest BCUT2D eigenvalue weighted by Gasteiger charge is -2.44. The number of hydrogen-bond donors (Lipinski definition) is 2. The Balaban J connectivity index is 1.30. The lowest BCUT2D eigenvalue weighted by Crippen LogP contribution is -2.47. The molecule has 0 saturated carbocycles. The summed E-state index contributed by atoms with van der Waals surface area (Å²) >= 11 is 5.79. The smallest absolute Gasteiger partial charge is 0.253 e. The number of benzene rings is 2. The van der Waals surface area contributed by atoms with E-state index in [0.717, 1.165) is 74.7 Å². The molecule has 1 aromatic heterocycles. The largest absolute Gasteiger partial charge is 0.369 e. The summed E-state index contributed by atoms with van der Waals surface area (Å²) in [5.74, 6) is 0.745. The van der Waals surface area contributed by atoms with Crippen molar-refractivity contribution in [3.05, 3.63) is 87.3 Å². The van der Waals surface area contributed by atoms with Gasteiger partial charge in [0.1, 0.15) is 0 Å². The first-order valence-corrected chi connectivity index (χ1v) is 15.3. The summed E-state index contributed by atoms with van der Waals surface area (Å²) in [6.45, 7) is 8.17. The minimum atomic E-state index is 0.0819. The number of nitrogens with one attached hydrogen (secondary N) is 2. The molecule has 0 radical (unpaired) electrons. The third-order valence-electron chi connectivity index (χ3n) is 8.68. The van der Waals surface area contributed by atoms with Gasteiger partial charge in [-0.2, -0.15) is 0 Å². The molecule has 214 valence electrons. The molecular weight excluding hydrogens is 530 g/mol.